The highest BCUT2D eigenvalue weighted by molar-refractivity contribution is 5.89. The maximum absolute atomic E-state index is 5.71. The van der Waals surface area contributed by atoms with Gasteiger partial charge in [-0.1, -0.05) is 5.16 Å². The quantitative estimate of drug-likeness (QED) is 0.477. The van der Waals surface area contributed by atoms with E-state index >= 15 is 0 Å². The standard InChI is InChI=1S/C7H16N2O/c1-5-10-9-6(2)7(3,4)8/h5,8H2,1-4H3/b9-6-. The lowest BCUT2D eigenvalue weighted by atomic mass is 10.0. The molecule has 60 valence electrons. The molecular weight excluding hydrogens is 128 g/mol. The van der Waals surface area contributed by atoms with Crippen LogP contribution in [-0.4, -0.2) is 17.9 Å². The third-order valence-electron chi connectivity index (χ3n) is 1.26. The first kappa shape index (κ1) is 9.43. The topological polar surface area (TPSA) is 47.6 Å². The van der Waals surface area contributed by atoms with E-state index in [-0.39, 0.29) is 5.54 Å². The van der Waals surface area contributed by atoms with Gasteiger partial charge in [0.1, 0.15) is 6.61 Å². The van der Waals surface area contributed by atoms with E-state index in [4.69, 9.17) is 10.6 Å². The number of hydrogen-bond acceptors (Lipinski definition) is 3. The molecule has 0 atom stereocenters. The van der Waals surface area contributed by atoms with Crippen molar-refractivity contribution >= 4 is 5.71 Å². The zero-order valence-electron chi connectivity index (χ0n) is 7.14. The second-order valence-electron chi connectivity index (χ2n) is 2.82. The third kappa shape index (κ3) is 3.45. The fraction of sp³-hybridized carbons (Fsp3) is 0.857. The molecule has 2 N–H and O–H groups in total. The Labute approximate surface area is 62.2 Å². The molecule has 0 saturated heterocycles. The molecule has 0 aromatic rings. The molecule has 0 unspecified atom stereocenters. The van der Waals surface area contributed by atoms with Crippen LogP contribution >= 0.6 is 0 Å². The van der Waals surface area contributed by atoms with Gasteiger partial charge in [-0.3, -0.25) is 0 Å². The van der Waals surface area contributed by atoms with E-state index in [2.05, 4.69) is 5.16 Å². The maximum atomic E-state index is 5.71. The van der Waals surface area contributed by atoms with E-state index in [1.165, 1.54) is 0 Å². The number of nitrogens with zero attached hydrogens (tertiary/aromatic N) is 1. The van der Waals surface area contributed by atoms with E-state index in [0.29, 0.717) is 6.61 Å². The van der Waals surface area contributed by atoms with E-state index in [1.807, 2.05) is 27.7 Å². The molecule has 0 aromatic carbocycles. The van der Waals surface area contributed by atoms with Gasteiger partial charge >= 0.3 is 0 Å². The third-order valence-corrected chi connectivity index (χ3v) is 1.26. The van der Waals surface area contributed by atoms with E-state index in [1.54, 1.807) is 0 Å². The van der Waals surface area contributed by atoms with Crippen molar-refractivity contribution in [2.75, 3.05) is 6.61 Å². The molecule has 0 rings (SSSR count). The number of rotatable bonds is 3. The van der Waals surface area contributed by atoms with Crippen LogP contribution in [0.1, 0.15) is 27.7 Å². The summed E-state index contributed by atoms with van der Waals surface area (Å²) in [4.78, 5) is 4.83. The Morgan fingerprint density at radius 2 is 2.10 bits per heavy atom. The van der Waals surface area contributed by atoms with E-state index in [0.717, 1.165) is 5.71 Å². The van der Waals surface area contributed by atoms with Gasteiger partial charge in [0.05, 0.1) is 11.3 Å². The van der Waals surface area contributed by atoms with Crippen LogP contribution in [0.2, 0.25) is 0 Å². The summed E-state index contributed by atoms with van der Waals surface area (Å²) in [5, 5.41) is 3.81. The molecule has 0 heterocycles. The molecule has 0 aliphatic heterocycles. The minimum absolute atomic E-state index is 0.366. The lowest BCUT2D eigenvalue weighted by Crippen LogP contribution is -2.39. The first-order valence-corrected chi connectivity index (χ1v) is 3.44. The van der Waals surface area contributed by atoms with Crippen molar-refractivity contribution in [1.29, 1.82) is 0 Å². The Hall–Kier alpha value is -0.570. The number of nitrogens with two attached hydrogens (primary N) is 1. The van der Waals surface area contributed by atoms with Crippen LogP contribution in [0.5, 0.6) is 0 Å². The molecule has 10 heavy (non-hydrogen) atoms. The molecule has 0 aliphatic rings. The monoisotopic (exact) mass is 144 g/mol. The van der Waals surface area contributed by atoms with E-state index < -0.39 is 0 Å². The van der Waals surface area contributed by atoms with Gasteiger partial charge in [-0.15, -0.1) is 0 Å². The lowest BCUT2D eigenvalue weighted by Gasteiger charge is -2.16. The molecule has 0 saturated carbocycles. The van der Waals surface area contributed by atoms with Gasteiger partial charge in [-0.2, -0.15) is 0 Å². The van der Waals surface area contributed by atoms with Gasteiger partial charge in [0.25, 0.3) is 0 Å². The van der Waals surface area contributed by atoms with Gasteiger partial charge in [0.2, 0.25) is 0 Å². The molecule has 0 bridgehead atoms. The van der Waals surface area contributed by atoms with Crippen molar-refractivity contribution in [2.24, 2.45) is 10.9 Å². The largest absolute Gasteiger partial charge is 0.396 e. The highest BCUT2D eigenvalue weighted by Gasteiger charge is 2.14. The van der Waals surface area contributed by atoms with Crippen molar-refractivity contribution in [2.45, 2.75) is 33.2 Å². The summed E-state index contributed by atoms with van der Waals surface area (Å²) in [6.07, 6.45) is 0. The summed E-state index contributed by atoms with van der Waals surface area (Å²) in [6, 6.07) is 0. The minimum Gasteiger partial charge on any atom is -0.396 e. The molecule has 0 aromatic heterocycles. The summed E-state index contributed by atoms with van der Waals surface area (Å²) in [5.41, 5.74) is 6.16. The average Bonchev–Trinajstić information content (AvgIpc) is 1.80. The Bertz CT molecular complexity index is 124. The van der Waals surface area contributed by atoms with Crippen LogP contribution < -0.4 is 5.73 Å². The van der Waals surface area contributed by atoms with Crippen LogP contribution in [-0.2, 0) is 4.84 Å². The van der Waals surface area contributed by atoms with Gasteiger partial charge in [0, 0.05) is 0 Å². The number of hydrogen-bond donors (Lipinski definition) is 1. The SMILES string of the molecule is CCO/N=C(/C)C(C)(C)N. The van der Waals surface area contributed by atoms with Crippen molar-refractivity contribution in [3.05, 3.63) is 0 Å². The summed E-state index contributed by atoms with van der Waals surface area (Å²) in [5.74, 6) is 0. The molecule has 0 radical (unpaired) electrons. The summed E-state index contributed by atoms with van der Waals surface area (Å²) < 4.78 is 0. The normalized spacial score (nSPS) is 13.5. The molecular formula is C7H16N2O. The average molecular weight is 144 g/mol. The van der Waals surface area contributed by atoms with Crippen LogP contribution in [0.15, 0.2) is 5.16 Å². The highest BCUT2D eigenvalue weighted by Crippen LogP contribution is 2.00. The molecule has 3 nitrogen and oxygen atoms in total. The van der Waals surface area contributed by atoms with Crippen LogP contribution in [0.4, 0.5) is 0 Å². The predicted molar refractivity (Wildman–Crippen MR) is 43.0 cm³/mol. The molecule has 3 heteroatoms. The molecule has 0 spiro atoms. The first-order chi connectivity index (χ1) is 4.48. The fourth-order valence-electron chi connectivity index (χ4n) is 0.279. The minimum atomic E-state index is -0.366. The Morgan fingerprint density at radius 3 is 2.40 bits per heavy atom. The Kier molecular flexibility index (Phi) is 3.36. The number of oxime groups is 1. The summed E-state index contributed by atoms with van der Waals surface area (Å²) in [7, 11) is 0. The first-order valence-electron chi connectivity index (χ1n) is 3.44. The van der Waals surface area contributed by atoms with Gasteiger partial charge in [-0.25, -0.2) is 0 Å². The maximum Gasteiger partial charge on any atom is 0.114 e. The zero-order valence-corrected chi connectivity index (χ0v) is 7.14. The van der Waals surface area contributed by atoms with Gasteiger partial charge in [0.15, 0.2) is 0 Å². The highest BCUT2D eigenvalue weighted by atomic mass is 16.6. The summed E-state index contributed by atoms with van der Waals surface area (Å²) >= 11 is 0. The Balaban J connectivity index is 3.93. The predicted octanol–water partition coefficient (Wildman–Crippen LogP) is 1.14. The van der Waals surface area contributed by atoms with Gasteiger partial charge in [-0.05, 0) is 27.7 Å². The summed E-state index contributed by atoms with van der Waals surface area (Å²) in [6.45, 7) is 8.12. The smallest absolute Gasteiger partial charge is 0.114 e. The van der Waals surface area contributed by atoms with Crippen LogP contribution in [0.25, 0.3) is 0 Å². The van der Waals surface area contributed by atoms with Crippen LogP contribution in [0.3, 0.4) is 0 Å². The molecule has 0 amide bonds. The second-order valence-corrected chi connectivity index (χ2v) is 2.82. The molecule has 0 fully saturated rings. The van der Waals surface area contributed by atoms with Gasteiger partial charge < -0.3 is 10.6 Å². The molecule has 0 aliphatic carbocycles. The van der Waals surface area contributed by atoms with Crippen molar-refractivity contribution < 1.29 is 4.84 Å². The van der Waals surface area contributed by atoms with Crippen molar-refractivity contribution in [3.8, 4) is 0 Å². The van der Waals surface area contributed by atoms with Crippen molar-refractivity contribution in [3.63, 3.8) is 0 Å². The zero-order chi connectivity index (χ0) is 8.20. The Morgan fingerprint density at radius 1 is 1.60 bits per heavy atom. The van der Waals surface area contributed by atoms with Crippen molar-refractivity contribution in [1.82, 2.24) is 0 Å². The van der Waals surface area contributed by atoms with Crippen LogP contribution in [0, 0.1) is 0 Å². The van der Waals surface area contributed by atoms with E-state index in [9.17, 15) is 0 Å². The lowest BCUT2D eigenvalue weighted by molar-refractivity contribution is 0.156. The second kappa shape index (κ2) is 3.56. The fourth-order valence-corrected chi connectivity index (χ4v) is 0.279.